The van der Waals surface area contributed by atoms with E-state index in [4.69, 9.17) is 11.6 Å². The molecular formula is C17H12ClN5O2. The summed E-state index contributed by atoms with van der Waals surface area (Å²) < 4.78 is 1.83. The van der Waals surface area contributed by atoms with E-state index in [0.717, 1.165) is 22.3 Å². The standard InChI is InChI=1S/C17H12ClN5O2/c1-10-3-2-4-12(18)16(10)21-17-15-8-19-9-22(15)14-6-5-11(23(24)25)7-13(14)20-17/h2-9H,1H3,(H,20,21). The van der Waals surface area contributed by atoms with Crippen molar-refractivity contribution in [2.45, 2.75) is 6.92 Å². The molecule has 0 aliphatic rings. The number of imidazole rings is 1. The second-order valence-electron chi connectivity index (χ2n) is 5.60. The van der Waals surface area contributed by atoms with Crippen LogP contribution in [0.15, 0.2) is 48.9 Å². The maximum absolute atomic E-state index is 11.0. The number of aromatic nitrogens is 3. The Labute approximate surface area is 147 Å². The van der Waals surface area contributed by atoms with Crippen LogP contribution in [0, 0.1) is 17.0 Å². The summed E-state index contributed by atoms with van der Waals surface area (Å²) in [5.41, 5.74) is 3.67. The van der Waals surface area contributed by atoms with Crippen molar-refractivity contribution >= 4 is 45.3 Å². The minimum Gasteiger partial charge on any atom is -0.337 e. The number of aryl methyl sites for hydroxylation is 1. The van der Waals surface area contributed by atoms with Gasteiger partial charge < -0.3 is 5.32 Å². The zero-order chi connectivity index (χ0) is 17.6. The van der Waals surface area contributed by atoms with E-state index in [0.29, 0.717) is 16.4 Å². The molecule has 7 nitrogen and oxygen atoms in total. The van der Waals surface area contributed by atoms with Gasteiger partial charge >= 0.3 is 0 Å². The number of benzene rings is 2. The summed E-state index contributed by atoms with van der Waals surface area (Å²) in [5.74, 6) is 0.529. The van der Waals surface area contributed by atoms with E-state index in [1.807, 2.05) is 23.5 Å². The number of rotatable bonds is 3. The molecule has 124 valence electrons. The molecule has 4 aromatic rings. The predicted molar refractivity (Wildman–Crippen MR) is 96.6 cm³/mol. The second-order valence-corrected chi connectivity index (χ2v) is 6.00. The quantitative estimate of drug-likeness (QED) is 0.433. The van der Waals surface area contributed by atoms with E-state index in [1.54, 1.807) is 24.7 Å². The number of nitrogens with one attached hydrogen (secondary N) is 1. The molecule has 0 aliphatic heterocycles. The Morgan fingerprint density at radius 2 is 2.08 bits per heavy atom. The van der Waals surface area contributed by atoms with E-state index in [2.05, 4.69) is 15.3 Å². The van der Waals surface area contributed by atoms with Crippen LogP contribution in [0.4, 0.5) is 17.2 Å². The fourth-order valence-electron chi connectivity index (χ4n) is 2.76. The number of nitro benzene ring substituents is 1. The zero-order valence-electron chi connectivity index (χ0n) is 13.1. The van der Waals surface area contributed by atoms with Crippen molar-refractivity contribution in [3.8, 4) is 0 Å². The van der Waals surface area contributed by atoms with Crippen molar-refractivity contribution in [2.24, 2.45) is 0 Å². The molecule has 4 rings (SSSR count). The molecule has 2 heterocycles. The highest BCUT2D eigenvalue weighted by atomic mass is 35.5. The van der Waals surface area contributed by atoms with Crippen LogP contribution >= 0.6 is 11.6 Å². The van der Waals surface area contributed by atoms with Gasteiger partial charge in [-0.25, -0.2) is 9.97 Å². The fourth-order valence-corrected chi connectivity index (χ4v) is 3.03. The van der Waals surface area contributed by atoms with Crippen molar-refractivity contribution in [3.05, 3.63) is 69.6 Å². The number of para-hydroxylation sites is 1. The number of halogens is 1. The Kier molecular flexibility index (Phi) is 3.51. The summed E-state index contributed by atoms with van der Waals surface area (Å²) in [6, 6.07) is 10.2. The number of fused-ring (bicyclic) bond motifs is 3. The van der Waals surface area contributed by atoms with Gasteiger partial charge in [0.25, 0.3) is 5.69 Å². The van der Waals surface area contributed by atoms with Crippen LogP contribution in [0.5, 0.6) is 0 Å². The summed E-state index contributed by atoms with van der Waals surface area (Å²) in [6.45, 7) is 1.94. The van der Waals surface area contributed by atoms with E-state index < -0.39 is 4.92 Å². The molecule has 0 spiro atoms. The van der Waals surface area contributed by atoms with Crippen molar-refractivity contribution < 1.29 is 4.92 Å². The first kappa shape index (κ1) is 15.3. The lowest BCUT2D eigenvalue weighted by Crippen LogP contribution is -2.01. The van der Waals surface area contributed by atoms with Crippen LogP contribution in [-0.2, 0) is 0 Å². The molecule has 0 atom stereocenters. The largest absolute Gasteiger partial charge is 0.337 e. The van der Waals surface area contributed by atoms with Crippen molar-refractivity contribution in [1.29, 1.82) is 0 Å². The van der Waals surface area contributed by atoms with E-state index in [9.17, 15) is 10.1 Å². The molecule has 0 saturated carbocycles. The van der Waals surface area contributed by atoms with Crippen LogP contribution in [0.25, 0.3) is 16.6 Å². The SMILES string of the molecule is Cc1cccc(Cl)c1Nc1nc2cc([N+](=O)[O-])ccc2n2cncc12. The Morgan fingerprint density at radius 3 is 2.84 bits per heavy atom. The number of hydrogen-bond acceptors (Lipinski definition) is 5. The molecule has 25 heavy (non-hydrogen) atoms. The van der Waals surface area contributed by atoms with Crippen LogP contribution in [0.1, 0.15) is 5.56 Å². The van der Waals surface area contributed by atoms with E-state index in [-0.39, 0.29) is 5.69 Å². The van der Waals surface area contributed by atoms with Gasteiger partial charge in [-0.15, -0.1) is 0 Å². The first-order valence-electron chi connectivity index (χ1n) is 7.47. The Balaban J connectivity index is 1.95. The average molecular weight is 354 g/mol. The third-order valence-electron chi connectivity index (χ3n) is 4.01. The van der Waals surface area contributed by atoms with E-state index >= 15 is 0 Å². The molecule has 2 aromatic carbocycles. The highest BCUT2D eigenvalue weighted by Crippen LogP contribution is 2.31. The van der Waals surface area contributed by atoms with Crippen LogP contribution in [-0.4, -0.2) is 19.3 Å². The van der Waals surface area contributed by atoms with Gasteiger partial charge in [0.2, 0.25) is 0 Å². The van der Waals surface area contributed by atoms with Crippen LogP contribution < -0.4 is 5.32 Å². The third-order valence-corrected chi connectivity index (χ3v) is 4.32. The lowest BCUT2D eigenvalue weighted by Gasteiger charge is -2.13. The van der Waals surface area contributed by atoms with Gasteiger partial charge in [0.1, 0.15) is 5.52 Å². The van der Waals surface area contributed by atoms with Gasteiger partial charge in [0.05, 0.1) is 39.2 Å². The average Bonchev–Trinajstić information content (AvgIpc) is 3.07. The number of hydrogen-bond donors (Lipinski definition) is 1. The van der Waals surface area contributed by atoms with Crippen molar-refractivity contribution in [1.82, 2.24) is 14.4 Å². The van der Waals surface area contributed by atoms with Gasteiger partial charge in [0.15, 0.2) is 5.82 Å². The number of nitrogens with zero attached hydrogens (tertiary/aromatic N) is 4. The maximum atomic E-state index is 11.0. The van der Waals surface area contributed by atoms with Crippen LogP contribution in [0.3, 0.4) is 0 Å². The molecule has 0 aliphatic carbocycles. The molecule has 0 fully saturated rings. The topological polar surface area (TPSA) is 85.4 Å². The molecule has 0 bridgehead atoms. The highest BCUT2D eigenvalue weighted by Gasteiger charge is 2.14. The van der Waals surface area contributed by atoms with Gasteiger partial charge in [-0.3, -0.25) is 14.5 Å². The normalized spacial score (nSPS) is 11.1. The summed E-state index contributed by atoms with van der Waals surface area (Å²) in [4.78, 5) is 19.3. The Bertz CT molecular complexity index is 1120. The minimum atomic E-state index is -0.440. The monoisotopic (exact) mass is 353 g/mol. The second kappa shape index (κ2) is 5.71. The number of anilines is 2. The molecule has 2 aromatic heterocycles. The Hall–Kier alpha value is -3.19. The van der Waals surface area contributed by atoms with Gasteiger partial charge in [-0.1, -0.05) is 23.7 Å². The molecule has 8 heteroatoms. The van der Waals surface area contributed by atoms with Gasteiger partial charge in [0, 0.05) is 12.1 Å². The smallest absolute Gasteiger partial charge is 0.271 e. The zero-order valence-corrected chi connectivity index (χ0v) is 13.9. The number of non-ortho nitro benzene ring substituents is 1. The lowest BCUT2D eigenvalue weighted by molar-refractivity contribution is -0.384. The number of nitro groups is 1. The minimum absolute atomic E-state index is 0.0145. The molecule has 0 unspecified atom stereocenters. The summed E-state index contributed by atoms with van der Waals surface area (Å²) in [6.07, 6.45) is 3.33. The molecule has 1 N–H and O–H groups in total. The van der Waals surface area contributed by atoms with Crippen molar-refractivity contribution in [3.63, 3.8) is 0 Å². The summed E-state index contributed by atoms with van der Waals surface area (Å²) in [5, 5.41) is 14.9. The highest BCUT2D eigenvalue weighted by molar-refractivity contribution is 6.33. The Morgan fingerprint density at radius 1 is 1.24 bits per heavy atom. The predicted octanol–water partition coefficient (Wildman–Crippen LogP) is 4.50. The summed E-state index contributed by atoms with van der Waals surface area (Å²) in [7, 11) is 0. The molecule has 0 saturated heterocycles. The third kappa shape index (κ3) is 2.54. The van der Waals surface area contributed by atoms with Crippen LogP contribution in [0.2, 0.25) is 5.02 Å². The van der Waals surface area contributed by atoms with Crippen molar-refractivity contribution in [2.75, 3.05) is 5.32 Å². The maximum Gasteiger partial charge on any atom is 0.271 e. The van der Waals surface area contributed by atoms with E-state index in [1.165, 1.54) is 12.1 Å². The first-order valence-corrected chi connectivity index (χ1v) is 7.85. The van der Waals surface area contributed by atoms with Gasteiger partial charge in [-0.2, -0.15) is 0 Å². The molecule has 0 amide bonds. The molecule has 0 radical (unpaired) electrons. The fraction of sp³-hybridized carbons (Fsp3) is 0.0588. The van der Waals surface area contributed by atoms with Gasteiger partial charge in [-0.05, 0) is 24.6 Å². The summed E-state index contributed by atoms with van der Waals surface area (Å²) >= 11 is 6.29. The molecular weight excluding hydrogens is 342 g/mol. The lowest BCUT2D eigenvalue weighted by atomic mass is 10.2. The first-order chi connectivity index (χ1) is 12.0.